The van der Waals surface area contributed by atoms with Crippen LogP contribution in [0.15, 0.2) is 16.9 Å². The fraction of sp³-hybridized carbons (Fsp3) is 0.545. The Labute approximate surface area is 119 Å². The Hall–Kier alpha value is -1.41. The summed E-state index contributed by atoms with van der Waals surface area (Å²) in [4.78, 5) is 25.2. The Morgan fingerprint density at radius 3 is 2.68 bits per heavy atom. The van der Waals surface area contributed by atoms with Gasteiger partial charge < -0.3 is 4.90 Å². The first-order valence-corrected chi connectivity index (χ1v) is 6.85. The molecule has 1 aliphatic rings. The van der Waals surface area contributed by atoms with Crippen molar-refractivity contribution in [1.82, 2.24) is 20.1 Å². The molecule has 2 rings (SSSR count). The van der Waals surface area contributed by atoms with Crippen LogP contribution in [0.25, 0.3) is 0 Å². The molecule has 7 nitrogen and oxygen atoms in total. The number of nitrogens with one attached hydrogen (secondary N) is 1. The van der Waals surface area contributed by atoms with Gasteiger partial charge in [0.05, 0.1) is 10.7 Å². The SMILES string of the molecule is NNC(=O)C1CCN(C(=O)Cn2cc(Br)cn2)CC1. The number of amides is 2. The minimum atomic E-state index is -0.150. The number of nitrogens with two attached hydrogens (primary N) is 1. The second-order valence-corrected chi connectivity index (χ2v) is 5.44. The number of piperidine rings is 1. The molecular formula is C11H16BrN5O2. The molecule has 104 valence electrons. The van der Waals surface area contributed by atoms with E-state index in [1.807, 2.05) is 0 Å². The van der Waals surface area contributed by atoms with Crippen molar-refractivity contribution in [3.63, 3.8) is 0 Å². The number of carbonyl (C=O) groups is 2. The molecule has 8 heteroatoms. The van der Waals surface area contributed by atoms with Gasteiger partial charge in [-0.1, -0.05) is 0 Å². The molecule has 0 radical (unpaired) electrons. The van der Waals surface area contributed by atoms with Crippen LogP contribution in [0.4, 0.5) is 0 Å². The molecule has 3 N–H and O–H groups in total. The molecule has 1 aromatic heterocycles. The van der Waals surface area contributed by atoms with Crippen LogP contribution < -0.4 is 11.3 Å². The normalized spacial score (nSPS) is 16.4. The van der Waals surface area contributed by atoms with Gasteiger partial charge in [-0.25, -0.2) is 5.84 Å². The number of hydrogen-bond donors (Lipinski definition) is 2. The van der Waals surface area contributed by atoms with E-state index in [1.54, 1.807) is 22.0 Å². The van der Waals surface area contributed by atoms with E-state index in [0.29, 0.717) is 25.9 Å². The molecule has 0 atom stereocenters. The molecule has 1 saturated heterocycles. The number of nitrogens with zero attached hydrogens (tertiary/aromatic N) is 3. The van der Waals surface area contributed by atoms with Gasteiger partial charge in [0, 0.05) is 25.2 Å². The topological polar surface area (TPSA) is 93.3 Å². The maximum Gasteiger partial charge on any atom is 0.244 e. The first-order chi connectivity index (χ1) is 9.10. The second-order valence-electron chi connectivity index (χ2n) is 4.52. The first kappa shape index (κ1) is 14.0. The average molecular weight is 330 g/mol. The van der Waals surface area contributed by atoms with Crippen molar-refractivity contribution in [2.75, 3.05) is 13.1 Å². The molecule has 1 aliphatic heterocycles. The lowest BCUT2D eigenvalue weighted by atomic mass is 9.96. The highest BCUT2D eigenvalue weighted by molar-refractivity contribution is 9.10. The molecule has 0 spiro atoms. The van der Waals surface area contributed by atoms with Crippen molar-refractivity contribution >= 4 is 27.7 Å². The second kappa shape index (κ2) is 6.16. The molecule has 0 aromatic carbocycles. The average Bonchev–Trinajstić information content (AvgIpc) is 2.83. The van der Waals surface area contributed by atoms with E-state index < -0.39 is 0 Å². The summed E-state index contributed by atoms with van der Waals surface area (Å²) >= 11 is 3.29. The predicted octanol–water partition coefficient (Wildman–Crippen LogP) is -0.126. The number of halogens is 1. The molecule has 0 unspecified atom stereocenters. The summed E-state index contributed by atoms with van der Waals surface area (Å²) in [5.74, 6) is 4.88. The molecule has 19 heavy (non-hydrogen) atoms. The third-order valence-corrected chi connectivity index (χ3v) is 3.67. The summed E-state index contributed by atoms with van der Waals surface area (Å²) in [6, 6.07) is 0. The highest BCUT2D eigenvalue weighted by Gasteiger charge is 2.26. The van der Waals surface area contributed by atoms with Gasteiger partial charge in [-0.05, 0) is 28.8 Å². The monoisotopic (exact) mass is 329 g/mol. The highest BCUT2D eigenvalue weighted by atomic mass is 79.9. The Morgan fingerprint density at radius 2 is 2.16 bits per heavy atom. The Balaban J connectivity index is 1.84. The van der Waals surface area contributed by atoms with Crippen molar-refractivity contribution < 1.29 is 9.59 Å². The van der Waals surface area contributed by atoms with Gasteiger partial charge in [0.25, 0.3) is 0 Å². The van der Waals surface area contributed by atoms with Crippen molar-refractivity contribution in [2.45, 2.75) is 19.4 Å². The van der Waals surface area contributed by atoms with Crippen molar-refractivity contribution in [1.29, 1.82) is 0 Å². The van der Waals surface area contributed by atoms with Crippen LogP contribution in [-0.2, 0) is 16.1 Å². The minimum absolute atomic E-state index is 0.0159. The summed E-state index contributed by atoms with van der Waals surface area (Å²) < 4.78 is 2.43. The van der Waals surface area contributed by atoms with Crippen LogP contribution >= 0.6 is 15.9 Å². The molecule has 1 fully saturated rings. The smallest absolute Gasteiger partial charge is 0.244 e. The number of carbonyl (C=O) groups excluding carboxylic acids is 2. The van der Waals surface area contributed by atoms with Crippen molar-refractivity contribution in [2.24, 2.45) is 11.8 Å². The van der Waals surface area contributed by atoms with Crippen LogP contribution in [0.2, 0.25) is 0 Å². The number of likely N-dealkylation sites (tertiary alicyclic amines) is 1. The zero-order valence-corrected chi connectivity index (χ0v) is 12.0. The van der Waals surface area contributed by atoms with E-state index in [0.717, 1.165) is 4.47 Å². The lowest BCUT2D eigenvalue weighted by molar-refractivity contribution is -0.136. The molecule has 2 heterocycles. The maximum atomic E-state index is 12.0. The Morgan fingerprint density at radius 1 is 1.47 bits per heavy atom. The Bertz CT molecular complexity index is 467. The molecule has 0 bridgehead atoms. The molecule has 1 aromatic rings. The zero-order chi connectivity index (χ0) is 13.8. The van der Waals surface area contributed by atoms with Crippen LogP contribution in [0.3, 0.4) is 0 Å². The summed E-state index contributed by atoms with van der Waals surface area (Å²) in [6.45, 7) is 1.39. The standard InChI is InChI=1S/C11H16BrN5O2/c12-9-5-14-17(6-9)7-10(18)16-3-1-8(2-4-16)11(19)15-13/h5-6,8H,1-4,7,13H2,(H,15,19). The van der Waals surface area contributed by atoms with Crippen LogP contribution in [-0.4, -0.2) is 39.6 Å². The highest BCUT2D eigenvalue weighted by Crippen LogP contribution is 2.17. The summed E-state index contributed by atoms with van der Waals surface area (Å²) in [5, 5.41) is 4.05. The van der Waals surface area contributed by atoms with E-state index in [4.69, 9.17) is 5.84 Å². The van der Waals surface area contributed by atoms with Gasteiger partial charge in [0.1, 0.15) is 6.54 Å². The van der Waals surface area contributed by atoms with Gasteiger partial charge in [0.2, 0.25) is 11.8 Å². The third kappa shape index (κ3) is 3.54. The summed E-state index contributed by atoms with van der Waals surface area (Å²) in [7, 11) is 0. The number of hydrazine groups is 1. The number of aromatic nitrogens is 2. The van der Waals surface area contributed by atoms with Gasteiger partial charge in [-0.2, -0.15) is 5.10 Å². The van der Waals surface area contributed by atoms with E-state index in [-0.39, 0.29) is 24.3 Å². The first-order valence-electron chi connectivity index (χ1n) is 6.06. The van der Waals surface area contributed by atoms with E-state index in [1.165, 1.54) is 0 Å². The van der Waals surface area contributed by atoms with Gasteiger partial charge in [0.15, 0.2) is 0 Å². The Kier molecular flexibility index (Phi) is 4.54. The third-order valence-electron chi connectivity index (χ3n) is 3.26. The summed E-state index contributed by atoms with van der Waals surface area (Å²) in [6.07, 6.45) is 4.70. The molecule has 0 saturated carbocycles. The largest absolute Gasteiger partial charge is 0.341 e. The summed E-state index contributed by atoms with van der Waals surface area (Å²) in [5.41, 5.74) is 2.16. The minimum Gasteiger partial charge on any atom is -0.341 e. The van der Waals surface area contributed by atoms with Crippen molar-refractivity contribution in [3.8, 4) is 0 Å². The fourth-order valence-electron chi connectivity index (χ4n) is 2.17. The predicted molar refractivity (Wildman–Crippen MR) is 71.6 cm³/mol. The van der Waals surface area contributed by atoms with Gasteiger partial charge in [-0.3, -0.25) is 19.7 Å². The number of rotatable bonds is 3. The molecule has 2 amide bonds. The quantitative estimate of drug-likeness (QED) is 0.459. The van der Waals surface area contributed by atoms with Gasteiger partial charge >= 0.3 is 0 Å². The molecular weight excluding hydrogens is 314 g/mol. The lowest BCUT2D eigenvalue weighted by Crippen LogP contribution is -2.45. The van der Waals surface area contributed by atoms with Crippen LogP contribution in [0, 0.1) is 5.92 Å². The van der Waals surface area contributed by atoms with Crippen LogP contribution in [0.5, 0.6) is 0 Å². The fourth-order valence-corrected chi connectivity index (χ4v) is 2.50. The number of hydrogen-bond acceptors (Lipinski definition) is 4. The van der Waals surface area contributed by atoms with E-state index in [9.17, 15) is 9.59 Å². The zero-order valence-electron chi connectivity index (χ0n) is 10.4. The lowest BCUT2D eigenvalue weighted by Gasteiger charge is -2.31. The van der Waals surface area contributed by atoms with Gasteiger partial charge in [-0.15, -0.1) is 0 Å². The van der Waals surface area contributed by atoms with E-state index in [2.05, 4.69) is 26.5 Å². The van der Waals surface area contributed by atoms with E-state index >= 15 is 0 Å². The maximum absolute atomic E-state index is 12.0. The van der Waals surface area contributed by atoms with Crippen LogP contribution in [0.1, 0.15) is 12.8 Å². The van der Waals surface area contributed by atoms with Crippen molar-refractivity contribution in [3.05, 3.63) is 16.9 Å². The molecule has 0 aliphatic carbocycles.